The van der Waals surface area contributed by atoms with Crippen LogP contribution in [0.25, 0.3) is 0 Å². The van der Waals surface area contributed by atoms with Crippen LogP contribution < -0.4 is 0 Å². The van der Waals surface area contributed by atoms with Gasteiger partial charge in [-0.2, -0.15) is 0 Å². The second-order valence-corrected chi connectivity index (χ2v) is 3.47. The largest absolute Gasteiger partial charge is 0.300 e. The van der Waals surface area contributed by atoms with Crippen LogP contribution >= 0.6 is 0 Å². The highest BCUT2D eigenvalue weighted by Gasteiger charge is 2.09. The van der Waals surface area contributed by atoms with Gasteiger partial charge in [-0.3, -0.25) is 4.79 Å². The zero-order valence-corrected chi connectivity index (χ0v) is 7.44. The number of carbonyl (C=O) groups is 1. The van der Waals surface area contributed by atoms with Crippen LogP contribution in [0.3, 0.4) is 0 Å². The minimum Gasteiger partial charge on any atom is -0.300 e. The van der Waals surface area contributed by atoms with Gasteiger partial charge in [0, 0.05) is 6.42 Å². The van der Waals surface area contributed by atoms with Crippen LogP contribution in [0, 0.1) is 0 Å². The van der Waals surface area contributed by atoms with Crippen molar-refractivity contribution in [2.45, 2.75) is 46.0 Å². The molecule has 0 bridgehead atoms. The van der Waals surface area contributed by atoms with E-state index in [0.29, 0.717) is 12.2 Å². The van der Waals surface area contributed by atoms with Crippen LogP contribution in [0.15, 0.2) is 11.1 Å². The van der Waals surface area contributed by atoms with Gasteiger partial charge in [-0.15, -0.1) is 0 Å². The maximum atomic E-state index is 10.8. The molecular formula is C10H16O. The lowest BCUT2D eigenvalue weighted by Crippen LogP contribution is -2.01. The maximum absolute atomic E-state index is 10.8. The van der Waals surface area contributed by atoms with Crippen molar-refractivity contribution in [1.29, 1.82) is 0 Å². The summed E-state index contributed by atoms with van der Waals surface area (Å²) in [6, 6.07) is 0. The predicted octanol–water partition coefficient (Wildman–Crippen LogP) is 2.86. The maximum Gasteiger partial charge on any atom is 0.133 e. The van der Waals surface area contributed by atoms with Crippen LogP contribution in [-0.4, -0.2) is 5.78 Å². The first kappa shape index (κ1) is 8.51. The average molecular weight is 152 g/mol. The summed E-state index contributed by atoms with van der Waals surface area (Å²) in [5.41, 5.74) is 2.87. The van der Waals surface area contributed by atoms with E-state index in [2.05, 4.69) is 6.92 Å². The lowest BCUT2D eigenvalue weighted by Gasteiger charge is -2.16. The Bertz CT molecular complexity index is 189. The highest BCUT2D eigenvalue weighted by Crippen LogP contribution is 2.26. The SMILES string of the molecule is CC(=O)CC1=C(C)CCCC1. The number of allylic oxidation sites excluding steroid dienone is 2. The van der Waals surface area contributed by atoms with Gasteiger partial charge in [-0.05, 0) is 39.5 Å². The molecule has 1 aliphatic rings. The van der Waals surface area contributed by atoms with E-state index < -0.39 is 0 Å². The smallest absolute Gasteiger partial charge is 0.133 e. The molecule has 0 aliphatic heterocycles. The Morgan fingerprint density at radius 1 is 1.36 bits per heavy atom. The molecule has 0 heterocycles. The molecule has 0 saturated carbocycles. The Kier molecular flexibility index (Phi) is 2.86. The van der Waals surface area contributed by atoms with Gasteiger partial charge >= 0.3 is 0 Å². The van der Waals surface area contributed by atoms with Gasteiger partial charge in [0.1, 0.15) is 5.78 Å². The first-order valence-corrected chi connectivity index (χ1v) is 4.37. The molecule has 0 atom stereocenters. The fourth-order valence-corrected chi connectivity index (χ4v) is 1.66. The summed E-state index contributed by atoms with van der Waals surface area (Å²) in [7, 11) is 0. The van der Waals surface area contributed by atoms with E-state index in [-0.39, 0.29) is 0 Å². The van der Waals surface area contributed by atoms with Gasteiger partial charge in [-0.25, -0.2) is 0 Å². The van der Waals surface area contributed by atoms with Crippen molar-refractivity contribution in [1.82, 2.24) is 0 Å². The van der Waals surface area contributed by atoms with Crippen molar-refractivity contribution < 1.29 is 4.79 Å². The molecule has 0 aromatic rings. The zero-order chi connectivity index (χ0) is 8.27. The third-order valence-electron chi connectivity index (χ3n) is 2.35. The van der Waals surface area contributed by atoms with E-state index in [0.717, 1.165) is 6.42 Å². The van der Waals surface area contributed by atoms with Gasteiger partial charge in [0.15, 0.2) is 0 Å². The summed E-state index contributed by atoms with van der Waals surface area (Å²) >= 11 is 0. The molecule has 0 saturated heterocycles. The van der Waals surface area contributed by atoms with E-state index in [1.165, 1.54) is 30.4 Å². The van der Waals surface area contributed by atoms with Gasteiger partial charge in [0.25, 0.3) is 0 Å². The number of Topliss-reactive ketones (excluding diaryl/α,β-unsaturated/α-hetero) is 1. The number of hydrogen-bond donors (Lipinski definition) is 0. The van der Waals surface area contributed by atoms with E-state index >= 15 is 0 Å². The molecule has 0 unspecified atom stereocenters. The first-order chi connectivity index (χ1) is 5.20. The van der Waals surface area contributed by atoms with Gasteiger partial charge in [0.2, 0.25) is 0 Å². The number of ketones is 1. The first-order valence-electron chi connectivity index (χ1n) is 4.37. The van der Waals surface area contributed by atoms with E-state index in [4.69, 9.17) is 0 Å². The molecule has 0 N–H and O–H groups in total. The monoisotopic (exact) mass is 152 g/mol. The predicted molar refractivity (Wildman–Crippen MR) is 46.5 cm³/mol. The summed E-state index contributed by atoms with van der Waals surface area (Å²) < 4.78 is 0. The van der Waals surface area contributed by atoms with Crippen LogP contribution in [0.4, 0.5) is 0 Å². The number of rotatable bonds is 2. The summed E-state index contributed by atoms with van der Waals surface area (Å²) in [4.78, 5) is 10.8. The summed E-state index contributed by atoms with van der Waals surface area (Å²) in [6.45, 7) is 3.84. The molecule has 11 heavy (non-hydrogen) atoms. The van der Waals surface area contributed by atoms with Crippen molar-refractivity contribution in [3.05, 3.63) is 11.1 Å². The summed E-state index contributed by atoms with van der Waals surface area (Å²) in [5, 5.41) is 0. The van der Waals surface area contributed by atoms with E-state index in [1.807, 2.05) is 0 Å². The molecule has 62 valence electrons. The van der Waals surface area contributed by atoms with Gasteiger partial charge in [-0.1, -0.05) is 11.1 Å². The standard InChI is InChI=1S/C10H16O/c1-8-5-3-4-6-10(8)7-9(2)11/h3-7H2,1-2H3. The third kappa shape index (κ3) is 2.49. The minimum atomic E-state index is 0.307. The topological polar surface area (TPSA) is 17.1 Å². The normalized spacial score (nSPS) is 18.7. The molecule has 0 amide bonds. The lowest BCUT2D eigenvalue weighted by molar-refractivity contribution is -0.116. The van der Waals surface area contributed by atoms with E-state index in [1.54, 1.807) is 6.92 Å². The van der Waals surface area contributed by atoms with Crippen molar-refractivity contribution in [3.8, 4) is 0 Å². The summed E-state index contributed by atoms with van der Waals surface area (Å²) in [5.74, 6) is 0.307. The van der Waals surface area contributed by atoms with Gasteiger partial charge in [0.05, 0.1) is 0 Å². The molecule has 0 aromatic carbocycles. The van der Waals surface area contributed by atoms with Crippen molar-refractivity contribution in [2.75, 3.05) is 0 Å². The van der Waals surface area contributed by atoms with E-state index in [9.17, 15) is 4.79 Å². The number of carbonyl (C=O) groups excluding carboxylic acids is 1. The highest BCUT2D eigenvalue weighted by molar-refractivity contribution is 5.78. The fourth-order valence-electron chi connectivity index (χ4n) is 1.66. The number of hydrogen-bond acceptors (Lipinski definition) is 1. The Morgan fingerprint density at radius 2 is 2.00 bits per heavy atom. The highest BCUT2D eigenvalue weighted by atomic mass is 16.1. The minimum absolute atomic E-state index is 0.307. The molecule has 0 fully saturated rings. The van der Waals surface area contributed by atoms with Crippen LogP contribution in [0.2, 0.25) is 0 Å². The van der Waals surface area contributed by atoms with Crippen molar-refractivity contribution >= 4 is 5.78 Å². The van der Waals surface area contributed by atoms with Crippen molar-refractivity contribution in [3.63, 3.8) is 0 Å². The Hall–Kier alpha value is -0.590. The molecule has 0 spiro atoms. The van der Waals surface area contributed by atoms with Crippen LogP contribution in [0.5, 0.6) is 0 Å². The second-order valence-electron chi connectivity index (χ2n) is 3.47. The summed E-state index contributed by atoms with van der Waals surface area (Å²) in [6.07, 6.45) is 5.66. The third-order valence-corrected chi connectivity index (χ3v) is 2.35. The molecule has 1 rings (SSSR count). The Balaban J connectivity index is 2.59. The molecule has 1 heteroatoms. The Labute approximate surface area is 68.5 Å². The second kappa shape index (κ2) is 3.70. The molecule has 0 radical (unpaired) electrons. The Morgan fingerprint density at radius 3 is 2.55 bits per heavy atom. The van der Waals surface area contributed by atoms with Crippen molar-refractivity contribution in [2.24, 2.45) is 0 Å². The van der Waals surface area contributed by atoms with Gasteiger partial charge < -0.3 is 0 Å². The quantitative estimate of drug-likeness (QED) is 0.556. The van der Waals surface area contributed by atoms with Crippen LogP contribution in [0.1, 0.15) is 46.0 Å². The molecule has 0 aromatic heterocycles. The molecule has 1 aliphatic carbocycles. The lowest BCUT2D eigenvalue weighted by atomic mass is 9.90. The average Bonchev–Trinajstić information content (AvgIpc) is 1.93. The zero-order valence-electron chi connectivity index (χ0n) is 7.44. The molecular weight excluding hydrogens is 136 g/mol. The molecule has 1 nitrogen and oxygen atoms in total. The van der Waals surface area contributed by atoms with Crippen LogP contribution in [-0.2, 0) is 4.79 Å². The fraction of sp³-hybridized carbons (Fsp3) is 0.700.